The van der Waals surface area contributed by atoms with Gasteiger partial charge in [0.25, 0.3) is 0 Å². The molecule has 2 rings (SSSR count). The fraction of sp³-hybridized carbons (Fsp3) is 1.00. The summed E-state index contributed by atoms with van der Waals surface area (Å²) < 4.78 is 27.1. The van der Waals surface area contributed by atoms with Gasteiger partial charge in [-0.25, -0.2) is 13.1 Å². The van der Waals surface area contributed by atoms with E-state index in [1.165, 1.54) is 0 Å². The summed E-state index contributed by atoms with van der Waals surface area (Å²) in [6.07, 6.45) is 4.85. The Morgan fingerprint density at radius 3 is 2.50 bits per heavy atom. The number of hydrogen-bond donors (Lipinski definition) is 2. The largest absolute Gasteiger partial charge is 0.315 e. The van der Waals surface area contributed by atoms with E-state index in [0.29, 0.717) is 5.92 Å². The number of hydrogen-bond acceptors (Lipinski definition) is 3. The van der Waals surface area contributed by atoms with Gasteiger partial charge in [-0.05, 0) is 31.7 Å². The normalized spacial score (nSPS) is 33.1. The zero-order valence-electron chi connectivity index (χ0n) is 9.91. The highest BCUT2D eigenvalue weighted by Gasteiger charge is 2.32. The van der Waals surface area contributed by atoms with Crippen molar-refractivity contribution in [1.29, 1.82) is 0 Å². The Kier molecular flexibility index (Phi) is 3.87. The molecule has 4 nitrogen and oxygen atoms in total. The lowest BCUT2D eigenvalue weighted by atomic mass is 9.96. The van der Waals surface area contributed by atoms with Crippen molar-refractivity contribution in [3.8, 4) is 0 Å². The molecule has 2 atom stereocenters. The van der Waals surface area contributed by atoms with Crippen LogP contribution in [0.4, 0.5) is 0 Å². The molecule has 1 aliphatic carbocycles. The van der Waals surface area contributed by atoms with Crippen LogP contribution in [0.3, 0.4) is 0 Å². The molecular weight excluding hydrogens is 224 g/mol. The molecule has 1 saturated carbocycles. The Bertz CT molecular complexity index is 323. The maximum absolute atomic E-state index is 12.1. The first-order chi connectivity index (χ1) is 7.59. The molecule has 0 aromatic carbocycles. The molecule has 0 amide bonds. The molecule has 16 heavy (non-hydrogen) atoms. The summed E-state index contributed by atoms with van der Waals surface area (Å²) in [6.45, 7) is 3.90. The Morgan fingerprint density at radius 1 is 1.19 bits per heavy atom. The van der Waals surface area contributed by atoms with Crippen LogP contribution < -0.4 is 10.0 Å². The minimum atomic E-state index is -3.08. The summed E-state index contributed by atoms with van der Waals surface area (Å²) in [5.41, 5.74) is 0. The van der Waals surface area contributed by atoms with Gasteiger partial charge in [0.05, 0.1) is 5.25 Å². The van der Waals surface area contributed by atoms with Crippen molar-refractivity contribution < 1.29 is 8.42 Å². The highest BCUT2D eigenvalue weighted by Crippen LogP contribution is 2.25. The Morgan fingerprint density at radius 2 is 1.88 bits per heavy atom. The molecule has 0 radical (unpaired) electrons. The van der Waals surface area contributed by atoms with Gasteiger partial charge in [0.2, 0.25) is 10.0 Å². The van der Waals surface area contributed by atoms with Gasteiger partial charge in [-0.1, -0.05) is 19.8 Å². The standard InChI is InChI=1S/C11H22N2O2S/c1-9-6-7-12-8-11(9)13-16(14,15)10-4-2-3-5-10/h9-13H,2-8H2,1H3. The lowest BCUT2D eigenvalue weighted by molar-refractivity contribution is 0.326. The van der Waals surface area contributed by atoms with Crippen LogP contribution in [0.1, 0.15) is 39.0 Å². The van der Waals surface area contributed by atoms with E-state index >= 15 is 0 Å². The molecule has 0 aromatic heterocycles. The fourth-order valence-electron chi connectivity index (χ4n) is 2.65. The molecular formula is C11H22N2O2S. The average Bonchev–Trinajstić information content (AvgIpc) is 2.75. The molecule has 94 valence electrons. The van der Waals surface area contributed by atoms with Crippen molar-refractivity contribution in [3.63, 3.8) is 0 Å². The smallest absolute Gasteiger partial charge is 0.214 e. The molecule has 2 N–H and O–H groups in total. The van der Waals surface area contributed by atoms with Gasteiger partial charge < -0.3 is 5.32 Å². The van der Waals surface area contributed by atoms with Crippen LogP contribution >= 0.6 is 0 Å². The lowest BCUT2D eigenvalue weighted by Gasteiger charge is -2.30. The predicted octanol–water partition coefficient (Wildman–Crippen LogP) is 0.846. The minimum Gasteiger partial charge on any atom is -0.315 e. The third-order valence-electron chi connectivity index (χ3n) is 3.88. The van der Waals surface area contributed by atoms with Crippen LogP contribution in [0.5, 0.6) is 0 Å². The molecule has 5 heteroatoms. The number of sulfonamides is 1. The van der Waals surface area contributed by atoms with E-state index in [9.17, 15) is 8.42 Å². The highest BCUT2D eigenvalue weighted by molar-refractivity contribution is 7.90. The summed E-state index contributed by atoms with van der Waals surface area (Å²) in [7, 11) is -3.08. The van der Waals surface area contributed by atoms with Crippen molar-refractivity contribution in [2.45, 2.75) is 50.3 Å². The number of rotatable bonds is 3. The van der Waals surface area contributed by atoms with Gasteiger partial charge >= 0.3 is 0 Å². The second-order valence-electron chi connectivity index (χ2n) is 5.15. The quantitative estimate of drug-likeness (QED) is 0.776. The van der Waals surface area contributed by atoms with E-state index in [1.54, 1.807) is 0 Å². The molecule has 2 unspecified atom stereocenters. The first-order valence-corrected chi connectivity index (χ1v) is 7.86. The molecule has 1 heterocycles. The number of piperidine rings is 1. The third-order valence-corrected chi connectivity index (χ3v) is 5.86. The van der Waals surface area contributed by atoms with E-state index in [0.717, 1.165) is 45.2 Å². The minimum absolute atomic E-state index is 0.0827. The zero-order valence-corrected chi connectivity index (χ0v) is 10.7. The van der Waals surface area contributed by atoms with Crippen LogP contribution in [0.25, 0.3) is 0 Å². The summed E-state index contributed by atoms with van der Waals surface area (Å²) in [5, 5.41) is 3.11. The fourth-order valence-corrected chi connectivity index (χ4v) is 4.54. The van der Waals surface area contributed by atoms with Crippen LogP contribution in [0.2, 0.25) is 0 Å². The maximum atomic E-state index is 12.1. The first kappa shape index (κ1) is 12.3. The highest BCUT2D eigenvalue weighted by atomic mass is 32.2. The lowest BCUT2D eigenvalue weighted by Crippen LogP contribution is -2.51. The number of nitrogens with one attached hydrogen (secondary N) is 2. The van der Waals surface area contributed by atoms with Crippen LogP contribution in [-0.2, 0) is 10.0 Å². The molecule has 1 saturated heterocycles. The van der Waals surface area contributed by atoms with Crippen molar-refractivity contribution in [2.24, 2.45) is 5.92 Å². The molecule has 1 aliphatic heterocycles. The van der Waals surface area contributed by atoms with Gasteiger partial charge in [-0.2, -0.15) is 0 Å². The summed E-state index contributed by atoms with van der Waals surface area (Å²) in [5.74, 6) is 0.442. The zero-order chi connectivity index (χ0) is 11.6. The van der Waals surface area contributed by atoms with Crippen molar-refractivity contribution >= 4 is 10.0 Å². The van der Waals surface area contributed by atoms with Crippen LogP contribution in [-0.4, -0.2) is 32.8 Å². The molecule has 2 fully saturated rings. The SMILES string of the molecule is CC1CCNCC1NS(=O)(=O)C1CCCC1. The van der Waals surface area contributed by atoms with E-state index in [1.807, 2.05) is 0 Å². The first-order valence-electron chi connectivity index (χ1n) is 6.31. The van der Waals surface area contributed by atoms with Crippen molar-refractivity contribution in [1.82, 2.24) is 10.0 Å². The Labute approximate surface area is 98.2 Å². The van der Waals surface area contributed by atoms with E-state index in [4.69, 9.17) is 0 Å². The topological polar surface area (TPSA) is 58.2 Å². The molecule has 0 bridgehead atoms. The predicted molar refractivity (Wildman–Crippen MR) is 64.8 cm³/mol. The average molecular weight is 246 g/mol. The van der Waals surface area contributed by atoms with E-state index in [-0.39, 0.29) is 11.3 Å². The van der Waals surface area contributed by atoms with Crippen molar-refractivity contribution in [2.75, 3.05) is 13.1 Å². The van der Waals surface area contributed by atoms with Crippen LogP contribution in [0, 0.1) is 5.92 Å². The summed E-state index contributed by atoms with van der Waals surface area (Å²) in [6, 6.07) is 0.0827. The molecule has 2 aliphatic rings. The summed E-state index contributed by atoms with van der Waals surface area (Å²) >= 11 is 0. The Balaban J connectivity index is 1.96. The van der Waals surface area contributed by atoms with Gasteiger partial charge in [0, 0.05) is 12.6 Å². The van der Waals surface area contributed by atoms with E-state index in [2.05, 4.69) is 17.0 Å². The second kappa shape index (κ2) is 5.02. The summed E-state index contributed by atoms with van der Waals surface area (Å²) in [4.78, 5) is 0. The van der Waals surface area contributed by atoms with Gasteiger partial charge in [0.1, 0.15) is 0 Å². The molecule has 0 aromatic rings. The van der Waals surface area contributed by atoms with E-state index < -0.39 is 10.0 Å². The maximum Gasteiger partial charge on any atom is 0.214 e. The Hall–Kier alpha value is -0.130. The monoisotopic (exact) mass is 246 g/mol. The van der Waals surface area contributed by atoms with Gasteiger partial charge in [-0.15, -0.1) is 0 Å². The second-order valence-corrected chi connectivity index (χ2v) is 7.14. The third kappa shape index (κ3) is 2.76. The van der Waals surface area contributed by atoms with Gasteiger partial charge in [0.15, 0.2) is 0 Å². The van der Waals surface area contributed by atoms with Gasteiger partial charge in [-0.3, -0.25) is 0 Å². The molecule has 0 spiro atoms. The van der Waals surface area contributed by atoms with Crippen LogP contribution in [0.15, 0.2) is 0 Å². The van der Waals surface area contributed by atoms with Crippen molar-refractivity contribution in [3.05, 3.63) is 0 Å².